The molecule has 0 atom stereocenters. The highest BCUT2D eigenvalue weighted by Crippen LogP contribution is 2.28. The Morgan fingerprint density at radius 3 is 2.73 bits per heavy atom. The van der Waals surface area contributed by atoms with E-state index in [0.29, 0.717) is 6.29 Å². The number of nitrogens with zero attached hydrogens (tertiary/aromatic N) is 1. The van der Waals surface area contributed by atoms with Crippen molar-refractivity contribution in [3.8, 4) is 5.75 Å². The molecule has 0 bridgehead atoms. The number of carbonyl (C=O) groups excluding carboxylic acids is 1. The second-order valence-electron chi connectivity index (χ2n) is 2.74. The minimum atomic E-state index is -2.78. The molecule has 0 unspecified atom stereocenters. The topological polar surface area (TPSA) is 65.2 Å². The number of pyridine rings is 1. The Kier molecular flexibility index (Phi) is 3.68. The first-order chi connectivity index (χ1) is 7.13. The summed E-state index contributed by atoms with van der Waals surface area (Å²) in [5, 5.41) is 0. The smallest absolute Gasteiger partial charge is 0.280 e. The van der Waals surface area contributed by atoms with E-state index in [1.54, 1.807) is 0 Å². The minimum Gasteiger partial charge on any atom is -0.496 e. The van der Waals surface area contributed by atoms with Crippen molar-refractivity contribution in [2.24, 2.45) is 5.73 Å². The van der Waals surface area contributed by atoms with E-state index >= 15 is 0 Å². The largest absolute Gasteiger partial charge is 0.496 e. The van der Waals surface area contributed by atoms with Gasteiger partial charge < -0.3 is 10.5 Å². The second kappa shape index (κ2) is 4.79. The summed E-state index contributed by atoms with van der Waals surface area (Å²) in [5.41, 5.74) is 4.84. The highest BCUT2D eigenvalue weighted by Gasteiger charge is 2.19. The second-order valence-corrected chi connectivity index (χ2v) is 2.74. The fourth-order valence-electron chi connectivity index (χ4n) is 1.21. The lowest BCUT2D eigenvalue weighted by atomic mass is 10.1. The summed E-state index contributed by atoms with van der Waals surface area (Å²) in [4.78, 5) is 13.9. The lowest BCUT2D eigenvalue weighted by molar-refractivity contribution is 0.111. The SMILES string of the molecule is COc1cc(C=O)nc(C(F)F)c1CN. The Labute approximate surface area is 85.1 Å². The highest BCUT2D eigenvalue weighted by molar-refractivity contribution is 5.73. The van der Waals surface area contributed by atoms with Crippen molar-refractivity contribution in [1.29, 1.82) is 0 Å². The molecule has 0 amide bonds. The number of aldehydes is 1. The van der Waals surface area contributed by atoms with E-state index in [2.05, 4.69) is 4.98 Å². The molecule has 4 nitrogen and oxygen atoms in total. The molecular weight excluding hydrogens is 206 g/mol. The summed E-state index contributed by atoms with van der Waals surface area (Å²) in [6.45, 7) is -0.116. The van der Waals surface area contributed by atoms with Gasteiger partial charge in [-0.25, -0.2) is 13.8 Å². The predicted molar refractivity (Wildman–Crippen MR) is 49.0 cm³/mol. The van der Waals surface area contributed by atoms with Gasteiger partial charge in [0.1, 0.15) is 17.1 Å². The summed E-state index contributed by atoms with van der Waals surface area (Å²) in [7, 11) is 1.32. The molecule has 0 fully saturated rings. The van der Waals surface area contributed by atoms with Crippen molar-refractivity contribution < 1.29 is 18.3 Å². The van der Waals surface area contributed by atoms with Gasteiger partial charge in [-0.2, -0.15) is 0 Å². The number of carbonyl (C=O) groups is 1. The number of aromatic nitrogens is 1. The Balaban J connectivity index is 3.38. The zero-order valence-corrected chi connectivity index (χ0v) is 8.04. The van der Waals surface area contributed by atoms with Crippen LogP contribution < -0.4 is 10.5 Å². The van der Waals surface area contributed by atoms with Crippen LogP contribution in [0, 0.1) is 0 Å². The maximum absolute atomic E-state index is 12.6. The molecule has 0 saturated heterocycles. The minimum absolute atomic E-state index is 0.0978. The predicted octanol–water partition coefficient (Wildman–Crippen LogP) is 1.30. The van der Waals surface area contributed by atoms with Crippen molar-refractivity contribution in [3.05, 3.63) is 23.0 Å². The summed E-state index contributed by atoms with van der Waals surface area (Å²) in [5.74, 6) is 0.157. The lowest BCUT2D eigenvalue weighted by Crippen LogP contribution is -2.09. The molecule has 0 saturated carbocycles. The molecular formula is C9H10F2N2O2. The number of hydrogen-bond donors (Lipinski definition) is 1. The molecule has 2 N–H and O–H groups in total. The quantitative estimate of drug-likeness (QED) is 0.770. The van der Waals surface area contributed by atoms with Crippen LogP contribution in [0.3, 0.4) is 0 Å². The number of ether oxygens (including phenoxy) is 1. The molecule has 1 aromatic rings. The maximum atomic E-state index is 12.6. The van der Waals surface area contributed by atoms with Gasteiger partial charge in [0.2, 0.25) is 0 Å². The zero-order valence-electron chi connectivity index (χ0n) is 8.04. The summed E-state index contributed by atoms with van der Waals surface area (Å²) in [6, 6.07) is 1.28. The molecule has 0 aromatic carbocycles. The molecule has 0 aliphatic heterocycles. The third kappa shape index (κ3) is 2.27. The van der Waals surface area contributed by atoms with E-state index < -0.39 is 12.1 Å². The van der Waals surface area contributed by atoms with Crippen molar-refractivity contribution in [2.45, 2.75) is 13.0 Å². The summed E-state index contributed by atoms with van der Waals surface area (Å²) >= 11 is 0. The van der Waals surface area contributed by atoms with E-state index in [1.807, 2.05) is 0 Å². The van der Waals surface area contributed by atoms with Gasteiger partial charge in [0.25, 0.3) is 6.43 Å². The Bertz CT molecular complexity index is 369. The number of halogens is 2. The van der Waals surface area contributed by atoms with Gasteiger partial charge in [-0.1, -0.05) is 0 Å². The number of nitrogens with two attached hydrogens (primary N) is 1. The summed E-state index contributed by atoms with van der Waals surface area (Å²) < 4.78 is 30.0. The van der Waals surface area contributed by atoms with E-state index in [1.165, 1.54) is 13.2 Å². The standard InChI is InChI=1S/C9H10F2N2O2/c1-15-7-2-5(4-14)13-8(9(10)11)6(7)3-12/h2,4,9H,3,12H2,1H3. The zero-order chi connectivity index (χ0) is 11.4. The number of rotatable bonds is 4. The molecule has 1 aromatic heterocycles. The monoisotopic (exact) mass is 216 g/mol. The van der Waals surface area contributed by atoms with Crippen LogP contribution in [-0.4, -0.2) is 18.4 Å². The normalized spacial score (nSPS) is 10.5. The third-order valence-corrected chi connectivity index (χ3v) is 1.89. The van der Waals surface area contributed by atoms with Crippen LogP contribution in [0.1, 0.15) is 28.2 Å². The van der Waals surface area contributed by atoms with Crippen LogP contribution in [0.15, 0.2) is 6.07 Å². The molecule has 0 radical (unpaired) electrons. The van der Waals surface area contributed by atoms with Crippen LogP contribution in [-0.2, 0) is 6.54 Å². The highest BCUT2D eigenvalue weighted by atomic mass is 19.3. The average Bonchev–Trinajstić information content (AvgIpc) is 2.26. The van der Waals surface area contributed by atoms with Gasteiger partial charge in [0, 0.05) is 18.2 Å². The van der Waals surface area contributed by atoms with E-state index in [9.17, 15) is 13.6 Å². The molecule has 0 aliphatic rings. The average molecular weight is 216 g/mol. The first kappa shape index (κ1) is 11.5. The third-order valence-electron chi connectivity index (χ3n) is 1.89. The first-order valence-corrected chi connectivity index (χ1v) is 4.15. The fraction of sp³-hybridized carbons (Fsp3) is 0.333. The van der Waals surface area contributed by atoms with Crippen LogP contribution in [0.25, 0.3) is 0 Å². The Hall–Kier alpha value is -1.56. The van der Waals surface area contributed by atoms with Gasteiger partial charge in [-0.15, -0.1) is 0 Å². The number of hydrogen-bond acceptors (Lipinski definition) is 4. The molecule has 0 spiro atoms. The molecule has 82 valence electrons. The van der Waals surface area contributed by atoms with Crippen LogP contribution in [0.4, 0.5) is 8.78 Å². The Morgan fingerprint density at radius 2 is 2.33 bits per heavy atom. The van der Waals surface area contributed by atoms with Crippen LogP contribution in [0.2, 0.25) is 0 Å². The van der Waals surface area contributed by atoms with Crippen LogP contribution >= 0.6 is 0 Å². The van der Waals surface area contributed by atoms with Crippen LogP contribution in [0.5, 0.6) is 5.75 Å². The first-order valence-electron chi connectivity index (χ1n) is 4.15. The molecule has 1 rings (SSSR count). The van der Waals surface area contributed by atoms with Crippen molar-refractivity contribution in [3.63, 3.8) is 0 Å². The van der Waals surface area contributed by atoms with Gasteiger partial charge in [0.05, 0.1) is 7.11 Å². The maximum Gasteiger partial charge on any atom is 0.280 e. The molecule has 15 heavy (non-hydrogen) atoms. The molecule has 6 heteroatoms. The van der Waals surface area contributed by atoms with Gasteiger partial charge in [-0.3, -0.25) is 4.79 Å². The lowest BCUT2D eigenvalue weighted by Gasteiger charge is -2.11. The van der Waals surface area contributed by atoms with Gasteiger partial charge in [0.15, 0.2) is 6.29 Å². The van der Waals surface area contributed by atoms with E-state index in [-0.39, 0.29) is 23.6 Å². The molecule has 1 heterocycles. The van der Waals surface area contributed by atoms with E-state index in [0.717, 1.165) is 0 Å². The van der Waals surface area contributed by atoms with Crippen molar-refractivity contribution in [2.75, 3.05) is 7.11 Å². The molecule has 0 aliphatic carbocycles. The van der Waals surface area contributed by atoms with Crippen molar-refractivity contribution in [1.82, 2.24) is 4.98 Å². The number of alkyl halides is 2. The summed E-state index contributed by atoms with van der Waals surface area (Å²) in [6.07, 6.45) is -2.40. The number of methoxy groups -OCH3 is 1. The fourth-order valence-corrected chi connectivity index (χ4v) is 1.21. The van der Waals surface area contributed by atoms with E-state index in [4.69, 9.17) is 10.5 Å². The van der Waals surface area contributed by atoms with Gasteiger partial charge >= 0.3 is 0 Å². The van der Waals surface area contributed by atoms with Gasteiger partial charge in [-0.05, 0) is 0 Å². The van der Waals surface area contributed by atoms with Crippen molar-refractivity contribution >= 4 is 6.29 Å². The Morgan fingerprint density at radius 1 is 1.67 bits per heavy atom.